The van der Waals surface area contributed by atoms with Crippen molar-refractivity contribution in [3.63, 3.8) is 0 Å². The molecule has 1 unspecified atom stereocenters. The summed E-state index contributed by atoms with van der Waals surface area (Å²) in [4.78, 5) is 0.431. The molecule has 17 heteroatoms. The van der Waals surface area contributed by atoms with Crippen molar-refractivity contribution in [2.45, 2.75) is 200 Å². The van der Waals surface area contributed by atoms with Crippen LogP contribution in [0.5, 0.6) is 17.2 Å². The first kappa shape index (κ1) is 63.8. The number of halogens is 12. The smallest absolute Gasteiger partial charge is 0.489 e. The molecule has 0 saturated carbocycles. The molecule has 414 valence electrons. The lowest BCUT2D eigenvalue weighted by molar-refractivity contribution is -0.834. The van der Waals surface area contributed by atoms with Crippen LogP contribution in [-0.4, -0.2) is 20.4 Å². The Hall–Kier alpha value is -4.54. The van der Waals surface area contributed by atoms with Gasteiger partial charge in [0.2, 0.25) is 17.3 Å². The summed E-state index contributed by atoms with van der Waals surface area (Å²) in [5.41, 5.74) is -0.409. The second-order valence-electron chi connectivity index (χ2n) is 19.0. The van der Waals surface area contributed by atoms with Crippen LogP contribution in [0.15, 0.2) is 42.5 Å². The summed E-state index contributed by atoms with van der Waals surface area (Å²) < 4.78 is 183. The van der Waals surface area contributed by atoms with Crippen molar-refractivity contribution in [3.05, 3.63) is 118 Å². The molecule has 0 radical (unpaired) electrons. The third-order valence-corrected chi connectivity index (χ3v) is 12.8. The average Bonchev–Trinajstić information content (AvgIpc) is 3.36. The Labute approximate surface area is 432 Å². The van der Waals surface area contributed by atoms with Gasteiger partial charge in [0.1, 0.15) is 11.5 Å². The molecular weight excluding hydrogens is 985 g/mol. The van der Waals surface area contributed by atoms with Crippen molar-refractivity contribution in [2.24, 2.45) is 0 Å². The number of unbranched alkanes of at least 4 members (excludes halogenated alkanes) is 27. The summed E-state index contributed by atoms with van der Waals surface area (Å²) in [6.07, 6.45) is 33.1. The lowest BCUT2D eigenvalue weighted by Gasteiger charge is -2.24. The van der Waals surface area contributed by atoms with Crippen molar-refractivity contribution in [1.29, 1.82) is 0 Å². The van der Waals surface area contributed by atoms with E-state index >= 15 is 8.78 Å². The van der Waals surface area contributed by atoms with Crippen LogP contribution in [0.25, 0.3) is 0 Å². The van der Waals surface area contributed by atoms with E-state index in [1.54, 1.807) is 0 Å². The number of quaternary nitrogens is 1. The Morgan fingerprint density at radius 2 is 0.622 bits per heavy atom. The van der Waals surface area contributed by atoms with Gasteiger partial charge in [-0.3, -0.25) is 13.7 Å². The number of hydrogen-bond donors (Lipinski definition) is 1. The number of hydrogen-bond acceptors (Lipinski definition) is 3. The molecule has 4 aromatic rings. The second-order valence-corrected chi connectivity index (χ2v) is 19.0. The maximum absolute atomic E-state index is 16.1. The van der Waals surface area contributed by atoms with Gasteiger partial charge in [-0.05, 0) is 25.7 Å². The Morgan fingerprint density at radius 1 is 0.338 bits per heavy atom. The van der Waals surface area contributed by atoms with E-state index in [2.05, 4.69) is 19.9 Å². The van der Waals surface area contributed by atoms with E-state index in [1.165, 1.54) is 109 Å². The Morgan fingerprint density at radius 3 is 0.932 bits per heavy atom. The molecule has 0 aliphatic heterocycles. The fourth-order valence-corrected chi connectivity index (χ4v) is 8.64. The highest BCUT2D eigenvalue weighted by atomic mass is 19.2. The molecule has 0 fully saturated rings. The normalized spacial score (nSPS) is 11.6. The lowest BCUT2D eigenvalue weighted by Crippen LogP contribution is -3.07. The highest BCUT2D eigenvalue weighted by Crippen LogP contribution is 2.32. The highest BCUT2D eigenvalue weighted by Gasteiger charge is 2.37. The molecule has 1 atom stereocenters. The average molecular weight is 1060 g/mol. The summed E-state index contributed by atoms with van der Waals surface area (Å²) in [6, 6.07) is 5.77. The zero-order valence-electron chi connectivity index (χ0n) is 43.3. The first-order valence-corrected chi connectivity index (χ1v) is 27.0. The van der Waals surface area contributed by atoms with Gasteiger partial charge in [-0.25, -0.2) is 39.5 Å². The van der Waals surface area contributed by atoms with Crippen LogP contribution in [0, 0.1) is 75.9 Å². The third-order valence-electron chi connectivity index (χ3n) is 12.8. The van der Waals surface area contributed by atoms with Gasteiger partial charge >= 0.3 is 7.32 Å². The molecule has 0 heterocycles. The van der Waals surface area contributed by atoms with Crippen LogP contribution >= 0.6 is 0 Å². The lowest BCUT2D eigenvalue weighted by atomic mass is 10.0. The molecule has 0 spiro atoms. The van der Waals surface area contributed by atoms with E-state index in [4.69, 9.17) is 14.0 Å². The van der Waals surface area contributed by atoms with E-state index in [-0.39, 0.29) is 0 Å². The summed E-state index contributed by atoms with van der Waals surface area (Å²) in [5.74, 6) is -21.3. The number of nitrogens with one attached hydrogen (secondary N) is 1. The minimum atomic E-state index is -2.32. The predicted octanol–water partition coefficient (Wildman–Crippen LogP) is 18.2. The number of benzene rings is 4. The summed E-state index contributed by atoms with van der Waals surface area (Å²) >= 11 is 0. The standard InChI is InChI=1S/C51H73BF9NO3.C6H2F3/c1-3-5-7-9-11-13-15-16-17-18-19-20-21-23-25-27-29-31-33-62(32-30-28-26-24-22-14-12-10-8-6-4-2)51-46(38-45(57)49(60)50(51)61)65-52(63-39-34-41(53)47(58)42(54)35-39)64-40-36-43(55)48(59)44(56)37-40;7-4-2-1-3-5(8)6(4)9/h34-38H,3-33H2,1-2H3;2-3H/q;-1/p+1. The van der Waals surface area contributed by atoms with E-state index in [0.29, 0.717) is 61.2 Å². The zero-order valence-corrected chi connectivity index (χ0v) is 43.3. The molecule has 0 amide bonds. The van der Waals surface area contributed by atoms with Gasteiger partial charge in [0, 0.05) is 42.0 Å². The van der Waals surface area contributed by atoms with Crippen molar-refractivity contribution in [1.82, 2.24) is 0 Å². The maximum atomic E-state index is 16.1. The van der Waals surface area contributed by atoms with Crippen LogP contribution < -0.4 is 18.9 Å². The van der Waals surface area contributed by atoms with Gasteiger partial charge in [-0.1, -0.05) is 174 Å². The SMILES string of the molecule is CCCCCCCCCCCCCCCCCCCC[NH+](CCCCCCCCCCCCC)c1c(OB(Oc2cc(F)c(F)c(F)c2)Oc2cc(F)c(F)c(F)c2)cc(F)c(F)c1F.Fc1c[c-]cc(F)c1F. The molecule has 0 aliphatic carbocycles. The Balaban J connectivity index is 0.00000144. The van der Waals surface area contributed by atoms with Crippen molar-refractivity contribution >= 4 is 13.0 Å². The van der Waals surface area contributed by atoms with E-state index in [9.17, 15) is 43.9 Å². The van der Waals surface area contributed by atoms with Gasteiger partial charge in [-0.15, -0.1) is 12.1 Å². The Kier molecular flexibility index (Phi) is 32.1. The highest BCUT2D eigenvalue weighted by molar-refractivity contribution is 6.39. The molecule has 4 nitrogen and oxygen atoms in total. The van der Waals surface area contributed by atoms with Gasteiger partial charge in [0.05, 0.1) is 18.9 Å². The monoisotopic (exact) mass is 1060 g/mol. The maximum Gasteiger partial charge on any atom is 0.864 e. The van der Waals surface area contributed by atoms with Gasteiger partial charge in [0.15, 0.2) is 46.5 Å². The van der Waals surface area contributed by atoms with E-state index < -0.39 is 100 Å². The molecule has 0 saturated heterocycles. The van der Waals surface area contributed by atoms with Gasteiger partial charge < -0.3 is 14.0 Å². The summed E-state index contributed by atoms with van der Waals surface area (Å²) in [6.45, 7) is 5.04. The molecule has 0 bridgehead atoms. The Bertz CT molecular complexity index is 2060. The molecule has 4 rings (SSSR count). The van der Waals surface area contributed by atoms with Crippen LogP contribution in [0.4, 0.5) is 58.4 Å². The van der Waals surface area contributed by atoms with Crippen molar-refractivity contribution in [3.8, 4) is 17.2 Å². The van der Waals surface area contributed by atoms with Crippen molar-refractivity contribution < 1.29 is 71.5 Å². The van der Waals surface area contributed by atoms with Crippen LogP contribution in [0.1, 0.15) is 200 Å². The summed E-state index contributed by atoms with van der Waals surface area (Å²) in [5, 5.41) is 0. The topological polar surface area (TPSA) is 32.1 Å². The molecular formula is C57H76BF12NO3. The minimum absolute atomic E-state index is 0.309. The fourth-order valence-electron chi connectivity index (χ4n) is 8.64. The van der Waals surface area contributed by atoms with E-state index in [0.717, 1.165) is 76.3 Å². The zero-order chi connectivity index (χ0) is 54.1. The van der Waals surface area contributed by atoms with E-state index in [1.807, 2.05) is 0 Å². The molecule has 74 heavy (non-hydrogen) atoms. The molecule has 0 aromatic heterocycles. The van der Waals surface area contributed by atoms with Crippen LogP contribution in [-0.2, 0) is 0 Å². The first-order valence-electron chi connectivity index (χ1n) is 27.0. The predicted molar refractivity (Wildman–Crippen MR) is 267 cm³/mol. The van der Waals surface area contributed by atoms with Crippen LogP contribution in [0.3, 0.4) is 0 Å². The molecule has 0 aliphatic rings. The van der Waals surface area contributed by atoms with Crippen molar-refractivity contribution in [2.75, 3.05) is 13.1 Å². The third kappa shape index (κ3) is 24.4. The number of rotatable bonds is 38. The summed E-state index contributed by atoms with van der Waals surface area (Å²) in [7, 11) is -2.32. The van der Waals surface area contributed by atoms with Crippen LogP contribution in [0.2, 0.25) is 0 Å². The van der Waals surface area contributed by atoms with Gasteiger partial charge in [-0.2, -0.15) is 10.5 Å². The first-order chi connectivity index (χ1) is 35.7. The largest absolute Gasteiger partial charge is 0.864 e. The fraction of sp³-hybridized carbons (Fsp3) is 0.579. The quantitative estimate of drug-likeness (QED) is 0.0160. The molecule has 4 aromatic carbocycles. The minimum Gasteiger partial charge on any atom is -0.489 e. The van der Waals surface area contributed by atoms with Gasteiger partial charge in [0.25, 0.3) is 0 Å². The second kappa shape index (κ2) is 37.2. The molecule has 1 N–H and O–H groups in total.